The van der Waals surface area contributed by atoms with Gasteiger partial charge >= 0.3 is 5.69 Å². The van der Waals surface area contributed by atoms with Crippen LogP contribution in [0.25, 0.3) is 0 Å². The third-order valence-electron chi connectivity index (χ3n) is 2.69. The summed E-state index contributed by atoms with van der Waals surface area (Å²) in [5, 5.41) is 18.0. The van der Waals surface area contributed by atoms with E-state index in [4.69, 9.17) is 5.73 Å². The van der Waals surface area contributed by atoms with Crippen molar-refractivity contribution in [1.29, 1.82) is 0 Å². The van der Waals surface area contributed by atoms with Crippen molar-refractivity contribution in [2.45, 2.75) is 13.0 Å². The molecule has 1 aromatic carbocycles. The molecule has 0 unspecified atom stereocenters. The van der Waals surface area contributed by atoms with Gasteiger partial charge in [-0.3, -0.25) is 14.8 Å². The summed E-state index contributed by atoms with van der Waals surface area (Å²) in [7, 11) is 0. The first kappa shape index (κ1) is 12.9. The summed E-state index contributed by atoms with van der Waals surface area (Å²) in [5.41, 5.74) is 6.16. The van der Waals surface area contributed by atoms with Crippen LogP contribution in [0.5, 0.6) is 0 Å². The summed E-state index contributed by atoms with van der Waals surface area (Å²) >= 11 is 0. The average Bonchev–Trinajstić information content (AvgIpc) is 2.87. The Kier molecular flexibility index (Phi) is 3.97. The number of nitrogens with zero attached hydrogens (tertiary/aromatic N) is 3. The number of hydrogen-bond donors (Lipinski definition) is 2. The summed E-state index contributed by atoms with van der Waals surface area (Å²) in [5.74, 6) is 0. The fourth-order valence-corrected chi connectivity index (χ4v) is 1.80. The Balaban J connectivity index is 1.92. The number of aryl methyl sites for hydroxylation is 1. The molecule has 0 aliphatic heterocycles. The molecular formula is C12H15N5O2. The standard InChI is InChI=1S/C12H15N5O2/c13-10-4-1-5-11(12(10)17(18)19)14-6-2-8-16-9-3-7-15-16/h1,3-5,7,9,14H,2,6,8,13H2. The number of nitro benzene ring substituents is 1. The molecule has 3 N–H and O–H groups in total. The van der Waals surface area contributed by atoms with E-state index in [-0.39, 0.29) is 11.4 Å². The molecule has 0 radical (unpaired) electrons. The van der Waals surface area contributed by atoms with Gasteiger partial charge in [-0.05, 0) is 24.6 Å². The zero-order chi connectivity index (χ0) is 13.7. The van der Waals surface area contributed by atoms with Crippen LogP contribution < -0.4 is 11.1 Å². The van der Waals surface area contributed by atoms with Crippen LogP contribution in [0.2, 0.25) is 0 Å². The number of rotatable bonds is 6. The van der Waals surface area contributed by atoms with Crippen molar-refractivity contribution in [2.24, 2.45) is 0 Å². The van der Waals surface area contributed by atoms with Gasteiger partial charge in [-0.1, -0.05) is 6.07 Å². The molecule has 7 nitrogen and oxygen atoms in total. The molecule has 7 heteroatoms. The minimum atomic E-state index is -0.467. The van der Waals surface area contributed by atoms with E-state index in [1.165, 1.54) is 6.07 Å². The molecule has 0 amide bonds. The molecule has 1 heterocycles. The third kappa shape index (κ3) is 3.21. The maximum absolute atomic E-state index is 10.9. The molecule has 0 aliphatic rings. The second-order valence-electron chi connectivity index (χ2n) is 4.05. The van der Waals surface area contributed by atoms with Crippen molar-refractivity contribution in [3.8, 4) is 0 Å². The van der Waals surface area contributed by atoms with Crippen molar-refractivity contribution in [3.63, 3.8) is 0 Å². The molecular weight excluding hydrogens is 246 g/mol. The molecule has 0 fully saturated rings. The second kappa shape index (κ2) is 5.85. The minimum Gasteiger partial charge on any atom is -0.393 e. The van der Waals surface area contributed by atoms with E-state index in [1.807, 2.05) is 16.9 Å². The predicted octanol–water partition coefficient (Wildman–Crippen LogP) is 1.88. The quantitative estimate of drug-likeness (QED) is 0.358. The summed E-state index contributed by atoms with van der Waals surface area (Å²) in [6.45, 7) is 1.38. The van der Waals surface area contributed by atoms with Crippen LogP contribution in [0.3, 0.4) is 0 Å². The zero-order valence-corrected chi connectivity index (χ0v) is 10.3. The van der Waals surface area contributed by atoms with Crippen LogP contribution in [0.4, 0.5) is 17.1 Å². The molecule has 0 saturated heterocycles. The molecule has 19 heavy (non-hydrogen) atoms. The first-order valence-electron chi connectivity index (χ1n) is 5.92. The Bertz CT molecular complexity index is 553. The van der Waals surface area contributed by atoms with Crippen LogP contribution >= 0.6 is 0 Å². The Labute approximate surface area is 110 Å². The second-order valence-corrected chi connectivity index (χ2v) is 4.05. The highest BCUT2D eigenvalue weighted by Gasteiger charge is 2.16. The van der Waals surface area contributed by atoms with Gasteiger partial charge in [-0.25, -0.2) is 0 Å². The number of para-hydroxylation sites is 1. The van der Waals surface area contributed by atoms with E-state index < -0.39 is 4.92 Å². The Morgan fingerprint density at radius 3 is 2.95 bits per heavy atom. The lowest BCUT2D eigenvalue weighted by Gasteiger charge is -2.08. The Morgan fingerprint density at radius 1 is 1.42 bits per heavy atom. The van der Waals surface area contributed by atoms with Crippen LogP contribution in [0, 0.1) is 10.1 Å². The van der Waals surface area contributed by atoms with Crippen molar-refractivity contribution in [1.82, 2.24) is 9.78 Å². The molecule has 2 rings (SSSR count). The van der Waals surface area contributed by atoms with Crippen molar-refractivity contribution >= 4 is 17.1 Å². The SMILES string of the molecule is Nc1cccc(NCCCn2cccn2)c1[N+](=O)[O-]. The molecule has 0 saturated carbocycles. The summed E-state index contributed by atoms with van der Waals surface area (Å²) in [6.07, 6.45) is 4.41. The van der Waals surface area contributed by atoms with Gasteiger partial charge in [0.25, 0.3) is 0 Å². The van der Waals surface area contributed by atoms with Gasteiger partial charge in [0.15, 0.2) is 0 Å². The van der Waals surface area contributed by atoms with Crippen molar-refractivity contribution in [2.75, 3.05) is 17.6 Å². The number of nitrogens with one attached hydrogen (secondary N) is 1. The zero-order valence-electron chi connectivity index (χ0n) is 10.3. The Hall–Kier alpha value is -2.57. The topological polar surface area (TPSA) is 99.0 Å². The van der Waals surface area contributed by atoms with Crippen LogP contribution in [0.15, 0.2) is 36.7 Å². The van der Waals surface area contributed by atoms with E-state index in [0.29, 0.717) is 12.2 Å². The molecule has 0 bridgehead atoms. The largest absolute Gasteiger partial charge is 0.393 e. The number of nitrogens with two attached hydrogens (primary N) is 1. The van der Waals surface area contributed by atoms with Crippen LogP contribution in [0.1, 0.15) is 6.42 Å². The van der Waals surface area contributed by atoms with E-state index in [2.05, 4.69) is 10.4 Å². The number of nitro groups is 1. The molecule has 0 aliphatic carbocycles. The first-order valence-corrected chi connectivity index (χ1v) is 5.92. The van der Waals surface area contributed by atoms with E-state index in [1.54, 1.807) is 18.3 Å². The van der Waals surface area contributed by atoms with E-state index >= 15 is 0 Å². The van der Waals surface area contributed by atoms with Crippen molar-refractivity contribution < 1.29 is 4.92 Å². The average molecular weight is 261 g/mol. The monoisotopic (exact) mass is 261 g/mol. The van der Waals surface area contributed by atoms with Gasteiger partial charge in [0.2, 0.25) is 0 Å². The predicted molar refractivity (Wildman–Crippen MR) is 72.8 cm³/mol. The molecule has 0 atom stereocenters. The lowest BCUT2D eigenvalue weighted by molar-refractivity contribution is -0.383. The number of nitrogen functional groups attached to an aromatic ring is 1. The minimum absolute atomic E-state index is 0.0680. The van der Waals surface area contributed by atoms with Gasteiger partial charge in [0.05, 0.1) is 4.92 Å². The Morgan fingerprint density at radius 2 is 2.26 bits per heavy atom. The molecule has 100 valence electrons. The van der Waals surface area contributed by atoms with Crippen molar-refractivity contribution in [3.05, 3.63) is 46.8 Å². The highest BCUT2D eigenvalue weighted by molar-refractivity contribution is 5.74. The molecule has 1 aromatic heterocycles. The lowest BCUT2D eigenvalue weighted by atomic mass is 10.2. The van der Waals surface area contributed by atoms with Gasteiger partial charge < -0.3 is 11.1 Å². The van der Waals surface area contributed by atoms with E-state index in [0.717, 1.165) is 13.0 Å². The van der Waals surface area contributed by atoms with Gasteiger partial charge in [0, 0.05) is 25.5 Å². The maximum atomic E-state index is 10.9. The maximum Gasteiger partial charge on any atom is 0.314 e. The number of benzene rings is 1. The third-order valence-corrected chi connectivity index (χ3v) is 2.69. The summed E-state index contributed by atoms with van der Waals surface area (Å²) < 4.78 is 1.81. The summed E-state index contributed by atoms with van der Waals surface area (Å²) in [6, 6.07) is 6.73. The fraction of sp³-hybridized carbons (Fsp3) is 0.250. The number of aromatic nitrogens is 2. The first-order chi connectivity index (χ1) is 9.18. The normalized spacial score (nSPS) is 10.3. The summed E-state index contributed by atoms with van der Waals surface area (Å²) in [4.78, 5) is 10.5. The van der Waals surface area contributed by atoms with Gasteiger partial charge in [0.1, 0.15) is 11.4 Å². The van der Waals surface area contributed by atoms with Gasteiger partial charge in [-0.15, -0.1) is 0 Å². The lowest BCUT2D eigenvalue weighted by Crippen LogP contribution is -2.09. The molecule has 0 spiro atoms. The highest BCUT2D eigenvalue weighted by Crippen LogP contribution is 2.30. The smallest absolute Gasteiger partial charge is 0.314 e. The highest BCUT2D eigenvalue weighted by atomic mass is 16.6. The number of anilines is 2. The van der Waals surface area contributed by atoms with Gasteiger partial charge in [-0.2, -0.15) is 5.10 Å². The number of hydrogen-bond acceptors (Lipinski definition) is 5. The van der Waals surface area contributed by atoms with Crippen LogP contribution in [-0.2, 0) is 6.54 Å². The van der Waals surface area contributed by atoms with Crippen LogP contribution in [-0.4, -0.2) is 21.2 Å². The van der Waals surface area contributed by atoms with E-state index in [9.17, 15) is 10.1 Å². The molecule has 2 aromatic rings. The fourth-order valence-electron chi connectivity index (χ4n) is 1.80.